The zero-order valence-electron chi connectivity index (χ0n) is 68.9. The molecule has 17 nitrogen and oxygen atoms in total. The van der Waals surface area contributed by atoms with Crippen molar-refractivity contribution in [2.75, 3.05) is 39.6 Å². The van der Waals surface area contributed by atoms with Gasteiger partial charge in [-0.05, 0) is 31.6 Å². The molecule has 0 fully saturated rings. The minimum absolute atomic E-state index is 0.108. The van der Waals surface area contributed by atoms with Gasteiger partial charge in [-0.15, -0.1) is 0 Å². The van der Waals surface area contributed by atoms with Gasteiger partial charge in [0, 0.05) is 25.7 Å². The van der Waals surface area contributed by atoms with Gasteiger partial charge in [0.2, 0.25) is 0 Å². The normalized spacial score (nSPS) is 14.0. The summed E-state index contributed by atoms with van der Waals surface area (Å²) in [6.45, 7) is 7.39. The molecule has 0 aliphatic carbocycles. The topological polar surface area (TPSA) is 237 Å². The van der Waals surface area contributed by atoms with Gasteiger partial charge in [-0.1, -0.05) is 413 Å². The number of aliphatic hydroxyl groups excluding tert-OH is 1. The first-order valence-electron chi connectivity index (χ1n) is 44.7. The zero-order valence-corrected chi connectivity index (χ0v) is 70.7. The molecule has 3 N–H and O–H groups in total. The summed E-state index contributed by atoms with van der Waals surface area (Å²) in [6, 6.07) is 0. The smallest absolute Gasteiger partial charge is 0.462 e. The standard InChI is InChI=1S/C86H168O17P2/c1-6-10-13-16-19-21-23-25-27-29-30-31-35-39-42-46-50-55-60-65-70-84(89)97-76-82(103-86(91)72-67-62-57-52-48-44-40-36-33-32-34-37-41-45-49-54-58-63-68-79(5)9-4)78-101-105(94,95)99-74-80(87)73-98-104(92,93)100-77-81(75-96-83(88)69-64-59-53-18-15-12-8-3)102-85(90)71-66-61-56-51-47-43-38-28-26-24-22-20-17-14-11-7-2/h79-82,87H,6-78H2,1-5H3,(H,92,93)(H,94,95)/t79?,80-,81+,82+/m0/s1. The number of phosphoric ester groups is 2. The number of unbranched alkanes of at least 4 members (excludes halogenated alkanes) is 57. The summed E-state index contributed by atoms with van der Waals surface area (Å²) < 4.78 is 68.8. The van der Waals surface area contributed by atoms with E-state index >= 15 is 0 Å². The van der Waals surface area contributed by atoms with Gasteiger partial charge in [0.1, 0.15) is 19.3 Å². The molecule has 0 aliphatic rings. The molecule has 0 amide bonds. The average Bonchev–Trinajstić information content (AvgIpc) is 0.906. The third kappa shape index (κ3) is 78.5. The predicted molar refractivity (Wildman–Crippen MR) is 432 cm³/mol. The summed E-state index contributed by atoms with van der Waals surface area (Å²) in [5, 5.41) is 10.7. The lowest BCUT2D eigenvalue weighted by molar-refractivity contribution is -0.161. The Balaban J connectivity index is 5.16. The molecule has 0 saturated carbocycles. The van der Waals surface area contributed by atoms with Crippen molar-refractivity contribution in [3.05, 3.63) is 0 Å². The lowest BCUT2D eigenvalue weighted by Gasteiger charge is -2.21. The van der Waals surface area contributed by atoms with Gasteiger partial charge in [0.25, 0.3) is 0 Å². The first kappa shape index (κ1) is 103. The van der Waals surface area contributed by atoms with Crippen molar-refractivity contribution in [1.82, 2.24) is 0 Å². The van der Waals surface area contributed by atoms with Gasteiger partial charge < -0.3 is 33.8 Å². The SMILES string of the molecule is CCCCCCCCCCCCCCCCCCCCCCC(=O)OC[C@H](COP(=O)(O)OC[C@@H](O)COP(=O)(O)OC[C@@H](COC(=O)CCCCCCCCC)OC(=O)CCCCCCCCCCCCCCCCCC)OC(=O)CCCCCCCCCCCCCCCCCCCCC(C)CC. The largest absolute Gasteiger partial charge is 0.472 e. The first-order valence-corrected chi connectivity index (χ1v) is 47.7. The highest BCUT2D eigenvalue weighted by Crippen LogP contribution is 2.45. The Bertz CT molecular complexity index is 2000. The van der Waals surface area contributed by atoms with Crippen LogP contribution in [0.15, 0.2) is 0 Å². The van der Waals surface area contributed by atoms with Crippen LogP contribution in [0.1, 0.15) is 465 Å². The molecule has 0 aromatic carbocycles. The van der Waals surface area contributed by atoms with Crippen LogP contribution in [0.5, 0.6) is 0 Å². The van der Waals surface area contributed by atoms with Gasteiger partial charge in [0.05, 0.1) is 26.4 Å². The fourth-order valence-corrected chi connectivity index (χ4v) is 15.0. The van der Waals surface area contributed by atoms with Crippen LogP contribution in [0.4, 0.5) is 0 Å². The van der Waals surface area contributed by atoms with Gasteiger partial charge in [-0.3, -0.25) is 37.3 Å². The van der Waals surface area contributed by atoms with Crippen molar-refractivity contribution in [1.29, 1.82) is 0 Å². The van der Waals surface area contributed by atoms with E-state index in [1.807, 2.05) is 0 Å². The van der Waals surface area contributed by atoms with Gasteiger partial charge in [-0.2, -0.15) is 0 Å². The van der Waals surface area contributed by atoms with Crippen LogP contribution in [0.25, 0.3) is 0 Å². The molecule has 0 aromatic rings. The van der Waals surface area contributed by atoms with Crippen molar-refractivity contribution >= 4 is 39.5 Å². The number of esters is 4. The van der Waals surface area contributed by atoms with Crippen molar-refractivity contribution in [2.24, 2.45) is 5.92 Å². The van der Waals surface area contributed by atoms with Crippen LogP contribution in [-0.2, 0) is 65.4 Å². The summed E-state index contributed by atoms with van der Waals surface area (Å²) in [5.74, 6) is -1.23. The van der Waals surface area contributed by atoms with Crippen LogP contribution < -0.4 is 0 Å². The molecular formula is C86H168O17P2. The zero-order chi connectivity index (χ0) is 76.9. The molecular weight excluding hydrogens is 1370 g/mol. The van der Waals surface area contributed by atoms with Crippen LogP contribution >= 0.6 is 15.6 Å². The fraction of sp³-hybridized carbons (Fsp3) is 0.953. The van der Waals surface area contributed by atoms with E-state index in [0.717, 1.165) is 109 Å². The van der Waals surface area contributed by atoms with E-state index < -0.39 is 97.5 Å². The third-order valence-corrected chi connectivity index (χ3v) is 22.5. The van der Waals surface area contributed by atoms with Crippen LogP contribution in [0, 0.1) is 5.92 Å². The molecule has 0 bridgehead atoms. The van der Waals surface area contributed by atoms with Crippen molar-refractivity contribution in [2.45, 2.75) is 483 Å². The quantitative estimate of drug-likeness (QED) is 0.0222. The maximum Gasteiger partial charge on any atom is 0.472 e. The van der Waals surface area contributed by atoms with E-state index in [1.54, 1.807) is 0 Å². The second kappa shape index (κ2) is 78.7. The lowest BCUT2D eigenvalue weighted by atomic mass is 9.99. The molecule has 3 unspecified atom stereocenters. The maximum absolute atomic E-state index is 13.1. The summed E-state index contributed by atoms with van der Waals surface area (Å²) in [6.07, 6.45) is 72.4. The van der Waals surface area contributed by atoms with Crippen molar-refractivity contribution in [3.8, 4) is 0 Å². The molecule has 0 heterocycles. The Kier molecular flexibility index (Phi) is 77.3. The number of rotatable bonds is 86. The van der Waals surface area contributed by atoms with E-state index in [1.165, 1.54) is 276 Å². The second-order valence-electron chi connectivity index (χ2n) is 31.2. The fourth-order valence-electron chi connectivity index (χ4n) is 13.4. The Hall–Kier alpha value is -1.94. The first-order chi connectivity index (χ1) is 51.1. The minimum atomic E-state index is -4.96. The predicted octanol–water partition coefficient (Wildman–Crippen LogP) is 26.4. The highest BCUT2D eigenvalue weighted by molar-refractivity contribution is 7.47. The van der Waals surface area contributed by atoms with Gasteiger partial charge in [-0.25, -0.2) is 9.13 Å². The van der Waals surface area contributed by atoms with E-state index in [0.29, 0.717) is 25.7 Å². The Labute approximate surface area is 645 Å². The molecule has 0 radical (unpaired) electrons. The summed E-state index contributed by atoms with van der Waals surface area (Å²) in [5.41, 5.74) is 0. The number of carbonyl (C=O) groups is 4. The highest BCUT2D eigenvalue weighted by Gasteiger charge is 2.30. The number of hydrogen-bond donors (Lipinski definition) is 3. The number of ether oxygens (including phenoxy) is 4. The monoisotopic (exact) mass is 1540 g/mol. The summed E-state index contributed by atoms with van der Waals surface area (Å²) >= 11 is 0. The molecule has 0 spiro atoms. The maximum atomic E-state index is 13.1. The highest BCUT2D eigenvalue weighted by atomic mass is 31.2. The Morgan fingerprint density at radius 1 is 0.267 bits per heavy atom. The molecule has 0 aromatic heterocycles. The van der Waals surface area contributed by atoms with Crippen LogP contribution in [-0.4, -0.2) is 96.7 Å². The van der Waals surface area contributed by atoms with E-state index in [9.17, 15) is 43.2 Å². The van der Waals surface area contributed by atoms with E-state index in [-0.39, 0.29) is 25.7 Å². The third-order valence-electron chi connectivity index (χ3n) is 20.6. The molecule has 0 saturated heterocycles. The van der Waals surface area contributed by atoms with Gasteiger partial charge >= 0.3 is 39.5 Å². The minimum Gasteiger partial charge on any atom is -0.462 e. The number of phosphoric acid groups is 2. The molecule has 624 valence electrons. The van der Waals surface area contributed by atoms with E-state index in [4.69, 9.17) is 37.0 Å². The second-order valence-corrected chi connectivity index (χ2v) is 34.1. The summed E-state index contributed by atoms with van der Waals surface area (Å²) in [4.78, 5) is 73.0. The number of aliphatic hydroxyl groups is 1. The number of hydrogen-bond acceptors (Lipinski definition) is 15. The number of carbonyl (C=O) groups excluding carboxylic acids is 4. The Morgan fingerprint density at radius 2 is 0.457 bits per heavy atom. The molecule has 105 heavy (non-hydrogen) atoms. The molecule has 19 heteroatoms. The van der Waals surface area contributed by atoms with E-state index in [2.05, 4.69) is 34.6 Å². The van der Waals surface area contributed by atoms with Gasteiger partial charge in [0.15, 0.2) is 12.2 Å². The summed E-state index contributed by atoms with van der Waals surface area (Å²) in [7, 11) is -9.92. The molecule has 0 aliphatic heterocycles. The molecule has 6 atom stereocenters. The average molecular weight is 1540 g/mol. The van der Waals surface area contributed by atoms with Crippen molar-refractivity contribution in [3.63, 3.8) is 0 Å². The lowest BCUT2D eigenvalue weighted by Crippen LogP contribution is -2.30. The van der Waals surface area contributed by atoms with Crippen LogP contribution in [0.2, 0.25) is 0 Å². The van der Waals surface area contributed by atoms with Crippen LogP contribution in [0.3, 0.4) is 0 Å². The Morgan fingerprint density at radius 3 is 0.676 bits per heavy atom. The molecule has 0 rings (SSSR count). The van der Waals surface area contributed by atoms with Crippen molar-refractivity contribution < 1.29 is 80.2 Å².